The molecular weight excluding hydrogens is 256 g/mol. The van der Waals surface area contributed by atoms with Gasteiger partial charge >= 0.3 is 0 Å². The molecule has 0 saturated carbocycles. The number of hydrogen-bond acceptors (Lipinski definition) is 4. The maximum absolute atomic E-state index is 5.64. The van der Waals surface area contributed by atoms with Crippen molar-refractivity contribution in [3.8, 4) is 5.75 Å². The van der Waals surface area contributed by atoms with Crippen molar-refractivity contribution < 1.29 is 4.74 Å². The molecule has 0 aliphatic carbocycles. The van der Waals surface area contributed by atoms with Gasteiger partial charge in [0.25, 0.3) is 0 Å². The third-order valence-electron chi connectivity index (χ3n) is 2.64. The Labute approximate surface area is 121 Å². The highest BCUT2D eigenvalue weighted by Gasteiger charge is 2.16. The monoisotopic (exact) mass is 282 g/mol. The van der Waals surface area contributed by atoms with E-state index in [1.165, 1.54) is 5.56 Å². The Hall–Kier alpha value is -0.740. The topological polar surface area (TPSA) is 34.1 Å². The quantitative estimate of drug-likeness (QED) is 0.827. The average molecular weight is 282 g/mol. The predicted octanol–water partition coefficient (Wildman–Crippen LogP) is 3.66. The molecule has 1 atom stereocenters. The van der Waals surface area contributed by atoms with Gasteiger partial charge in [0, 0.05) is 22.7 Å². The molecule has 1 N–H and O–H groups in total. The van der Waals surface area contributed by atoms with Crippen molar-refractivity contribution in [3.63, 3.8) is 0 Å². The lowest BCUT2D eigenvalue weighted by molar-refractivity contribution is 0.315. The summed E-state index contributed by atoms with van der Waals surface area (Å²) in [5.74, 6) is 1.89. The molecule has 0 fully saturated rings. The van der Waals surface area contributed by atoms with Crippen LogP contribution < -0.4 is 10.1 Å². The Morgan fingerprint density at radius 1 is 1.37 bits per heavy atom. The van der Waals surface area contributed by atoms with Gasteiger partial charge in [0.2, 0.25) is 0 Å². The second kappa shape index (κ2) is 7.75. The first kappa shape index (κ1) is 16.3. The number of ether oxygens (including phenoxy) is 1. The molecule has 0 saturated heterocycles. The first-order chi connectivity index (χ1) is 8.96. The number of nitrogens with zero attached hydrogens (tertiary/aromatic N) is 1. The van der Waals surface area contributed by atoms with Crippen molar-refractivity contribution in [2.75, 3.05) is 19.4 Å². The van der Waals surface area contributed by atoms with Crippen LogP contribution in [0.4, 0.5) is 0 Å². The summed E-state index contributed by atoms with van der Waals surface area (Å²) in [5.41, 5.74) is 1.19. The zero-order chi connectivity index (χ0) is 14.3. The van der Waals surface area contributed by atoms with Crippen LogP contribution in [-0.2, 0) is 0 Å². The van der Waals surface area contributed by atoms with E-state index in [2.05, 4.69) is 44.1 Å². The van der Waals surface area contributed by atoms with Crippen molar-refractivity contribution >= 4 is 11.8 Å². The van der Waals surface area contributed by atoms with E-state index in [-0.39, 0.29) is 4.75 Å². The SMILES string of the molecule is CCCOc1cncc(C(CSC(C)(C)C)NC)c1. The molecule has 3 nitrogen and oxygen atoms in total. The number of pyridine rings is 1. The molecule has 1 rings (SSSR count). The smallest absolute Gasteiger partial charge is 0.137 e. The minimum Gasteiger partial charge on any atom is -0.492 e. The normalized spacial score (nSPS) is 13.3. The average Bonchev–Trinajstić information content (AvgIpc) is 2.36. The number of rotatable bonds is 7. The Bertz CT molecular complexity index is 377. The number of hydrogen-bond donors (Lipinski definition) is 1. The molecule has 19 heavy (non-hydrogen) atoms. The summed E-state index contributed by atoms with van der Waals surface area (Å²) in [5, 5.41) is 3.36. The van der Waals surface area contributed by atoms with E-state index in [1.807, 2.05) is 25.0 Å². The summed E-state index contributed by atoms with van der Waals surface area (Å²) in [6, 6.07) is 2.40. The predicted molar refractivity (Wildman–Crippen MR) is 84.0 cm³/mol. The van der Waals surface area contributed by atoms with Crippen LogP contribution in [0.1, 0.15) is 45.7 Å². The van der Waals surface area contributed by atoms with Gasteiger partial charge in [-0.15, -0.1) is 0 Å². The zero-order valence-corrected chi connectivity index (χ0v) is 13.5. The highest BCUT2D eigenvalue weighted by Crippen LogP contribution is 2.29. The van der Waals surface area contributed by atoms with Gasteiger partial charge in [0.15, 0.2) is 0 Å². The van der Waals surface area contributed by atoms with E-state index >= 15 is 0 Å². The van der Waals surface area contributed by atoms with Crippen molar-refractivity contribution in [2.45, 2.75) is 44.9 Å². The summed E-state index contributed by atoms with van der Waals surface area (Å²) in [4.78, 5) is 4.28. The van der Waals surface area contributed by atoms with Crippen LogP contribution >= 0.6 is 11.8 Å². The Morgan fingerprint density at radius 2 is 2.11 bits per heavy atom. The summed E-state index contributed by atoms with van der Waals surface area (Å²) in [6.07, 6.45) is 4.71. The first-order valence-corrected chi connectivity index (χ1v) is 7.84. The van der Waals surface area contributed by atoms with E-state index in [1.54, 1.807) is 6.20 Å². The van der Waals surface area contributed by atoms with Crippen molar-refractivity contribution in [2.24, 2.45) is 0 Å². The summed E-state index contributed by atoms with van der Waals surface area (Å²) in [6.45, 7) is 9.57. The van der Waals surface area contributed by atoms with Crippen LogP contribution in [0.25, 0.3) is 0 Å². The van der Waals surface area contributed by atoms with E-state index in [9.17, 15) is 0 Å². The summed E-state index contributed by atoms with van der Waals surface area (Å²) >= 11 is 1.95. The molecule has 0 spiro atoms. The van der Waals surface area contributed by atoms with Crippen LogP contribution in [0.5, 0.6) is 5.75 Å². The molecule has 108 valence electrons. The Kier molecular flexibility index (Phi) is 6.66. The van der Waals surface area contributed by atoms with Crippen LogP contribution in [0.3, 0.4) is 0 Å². The van der Waals surface area contributed by atoms with Crippen molar-refractivity contribution in [3.05, 3.63) is 24.0 Å². The van der Waals surface area contributed by atoms with Gasteiger partial charge in [-0.05, 0) is 25.1 Å². The van der Waals surface area contributed by atoms with Crippen molar-refractivity contribution in [1.82, 2.24) is 10.3 Å². The van der Waals surface area contributed by atoms with E-state index < -0.39 is 0 Å². The minimum atomic E-state index is 0.277. The largest absolute Gasteiger partial charge is 0.492 e. The molecule has 1 aromatic heterocycles. The van der Waals surface area contributed by atoms with E-state index in [4.69, 9.17) is 4.74 Å². The lowest BCUT2D eigenvalue weighted by atomic mass is 10.1. The summed E-state index contributed by atoms with van der Waals surface area (Å²) < 4.78 is 5.92. The third-order valence-corrected chi connectivity index (χ3v) is 4.01. The van der Waals surface area contributed by atoms with Gasteiger partial charge in [-0.2, -0.15) is 11.8 Å². The fraction of sp³-hybridized carbons (Fsp3) is 0.667. The standard InChI is InChI=1S/C15H26N2OS/c1-6-7-18-13-8-12(9-17-10-13)14(16-5)11-19-15(2,3)4/h8-10,14,16H,6-7,11H2,1-5H3. The molecule has 1 heterocycles. The highest BCUT2D eigenvalue weighted by molar-refractivity contribution is 8.00. The molecule has 1 aromatic rings. The van der Waals surface area contributed by atoms with Crippen LogP contribution in [0.2, 0.25) is 0 Å². The number of nitrogens with one attached hydrogen (secondary N) is 1. The highest BCUT2D eigenvalue weighted by atomic mass is 32.2. The number of thioether (sulfide) groups is 1. The fourth-order valence-corrected chi connectivity index (χ4v) is 2.63. The van der Waals surface area contributed by atoms with Gasteiger partial charge in [-0.25, -0.2) is 0 Å². The fourth-order valence-electron chi connectivity index (χ4n) is 1.60. The van der Waals surface area contributed by atoms with Gasteiger partial charge < -0.3 is 10.1 Å². The van der Waals surface area contributed by atoms with Crippen LogP contribution in [0.15, 0.2) is 18.5 Å². The molecule has 0 radical (unpaired) electrons. The van der Waals surface area contributed by atoms with Gasteiger partial charge in [-0.3, -0.25) is 4.98 Å². The van der Waals surface area contributed by atoms with Gasteiger partial charge in [-0.1, -0.05) is 27.7 Å². The minimum absolute atomic E-state index is 0.277. The lowest BCUT2D eigenvalue weighted by Gasteiger charge is -2.23. The second-order valence-corrected chi connectivity index (χ2v) is 7.41. The van der Waals surface area contributed by atoms with Gasteiger partial charge in [0.05, 0.1) is 12.8 Å². The number of aromatic nitrogens is 1. The maximum Gasteiger partial charge on any atom is 0.137 e. The maximum atomic E-state index is 5.64. The van der Waals surface area contributed by atoms with Gasteiger partial charge in [0.1, 0.15) is 5.75 Å². The molecule has 0 aromatic carbocycles. The van der Waals surface area contributed by atoms with Crippen molar-refractivity contribution in [1.29, 1.82) is 0 Å². The van der Waals surface area contributed by atoms with E-state index in [0.29, 0.717) is 6.04 Å². The molecule has 0 bridgehead atoms. The van der Waals surface area contributed by atoms with Crippen LogP contribution in [0, 0.1) is 0 Å². The Morgan fingerprint density at radius 3 is 2.68 bits per heavy atom. The molecule has 0 aliphatic rings. The summed E-state index contributed by atoms with van der Waals surface area (Å²) in [7, 11) is 1.99. The third kappa shape index (κ3) is 6.30. The van der Waals surface area contributed by atoms with Crippen LogP contribution in [-0.4, -0.2) is 29.1 Å². The van der Waals surface area contributed by atoms with E-state index in [0.717, 1.165) is 24.5 Å². The first-order valence-electron chi connectivity index (χ1n) is 6.85. The molecule has 1 unspecified atom stereocenters. The lowest BCUT2D eigenvalue weighted by Crippen LogP contribution is -2.22. The molecular formula is C15H26N2OS. The Balaban J connectivity index is 2.69. The second-order valence-electron chi connectivity index (χ2n) is 5.57. The molecule has 4 heteroatoms. The molecule has 0 amide bonds. The molecule has 0 aliphatic heterocycles. The zero-order valence-electron chi connectivity index (χ0n) is 12.7.